The number of carbonyl (C=O) groups excluding carboxylic acids is 2. The molecule has 0 aliphatic heterocycles. The first-order valence-electron chi connectivity index (χ1n) is 13.1. The summed E-state index contributed by atoms with van der Waals surface area (Å²) in [6, 6.07) is 9.17. The smallest absolute Gasteiger partial charge is 0.416 e. The van der Waals surface area contributed by atoms with Gasteiger partial charge in [0.1, 0.15) is 12.3 Å². The van der Waals surface area contributed by atoms with Crippen LogP contribution < -0.4 is 9.47 Å². The van der Waals surface area contributed by atoms with Crippen LogP contribution in [0.25, 0.3) is 0 Å². The Morgan fingerprint density at radius 3 is 1.93 bits per heavy atom. The summed E-state index contributed by atoms with van der Waals surface area (Å²) in [6.45, 7) is 4.10. The lowest BCUT2D eigenvalue weighted by molar-refractivity contribution is -0.143. The van der Waals surface area contributed by atoms with Crippen molar-refractivity contribution in [3.63, 3.8) is 0 Å². The molecule has 0 saturated carbocycles. The molecule has 2 aromatic carbocycles. The van der Waals surface area contributed by atoms with E-state index in [0.29, 0.717) is 35.8 Å². The Kier molecular flexibility index (Phi) is 10.1. The number of hydrogen-bond acceptors (Lipinski definition) is 5. The van der Waals surface area contributed by atoms with Crippen LogP contribution in [-0.2, 0) is 30.1 Å². The number of carbonyl (C=O) groups is 2. The molecule has 13 heteroatoms. The normalized spacial score (nSPS) is 12.2. The van der Waals surface area contributed by atoms with Crippen LogP contribution in [0.2, 0.25) is 0 Å². The molecule has 0 aliphatic rings. The molecule has 2 amide bonds. The summed E-state index contributed by atoms with van der Waals surface area (Å²) in [4.78, 5) is 29.5. The molecule has 0 saturated heterocycles. The maximum atomic E-state index is 13.6. The third-order valence-corrected chi connectivity index (χ3v) is 6.58. The molecule has 7 nitrogen and oxygen atoms in total. The molecule has 0 spiro atoms. The fourth-order valence-corrected chi connectivity index (χ4v) is 4.27. The summed E-state index contributed by atoms with van der Waals surface area (Å²) >= 11 is 0. The van der Waals surface area contributed by atoms with E-state index in [0.717, 1.165) is 10.5 Å². The zero-order valence-electron chi connectivity index (χ0n) is 24.2. The average Bonchev–Trinajstić information content (AvgIpc) is 3.44. The number of rotatable bonds is 10. The summed E-state index contributed by atoms with van der Waals surface area (Å²) < 4.78 is 96.8. The largest absolute Gasteiger partial charge is 0.493 e. The van der Waals surface area contributed by atoms with Crippen LogP contribution >= 0.6 is 0 Å². The van der Waals surface area contributed by atoms with Gasteiger partial charge in [0, 0.05) is 17.6 Å². The number of nitrogens with zero attached hydrogens (tertiary/aromatic N) is 2. The minimum atomic E-state index is -5.14. The second-order valence-electron chi connectivity index (χ2n) is 10.7. The lowest BCUT2D eigenvalue weighted by atomic mass is 10.00. The summed E-state index contributed by atoms with van der Waals surface area (Å²) in [5.74, 6) is -0.328. The molecule has 0 radical (unpaired) electrons. The van der Waals surface area contributed by atoms with E-state index in [-0.39, 0.29) is 19.2 Å². The van der Waals surface area contributed by atoms with E-state index in [9.17, 15) is 35.9 Å². The lowest BCUT2D eigenvalue weighted by Crippen LogP contribution is -2.51. The van der Waals surface area contributed by atoms with Gasteiger partial charge in [0.25, 0.3) is 5.91 Å². The van der Waals surface area contributed by atoms with Crippen LogP contribution in [-0.4, -0.2) is 54.5 Å². The number of ether oxygens (including phenoxy) is 2. The van der Waals surface area contributed by atoms with Gasteiger partial charge in [0.15, 0.2) is 11.5 Å². The van der Waals surface area contributed by atoms with Crippen molar-refractivity contribution < 1.29 is 49.8 Å². The first kappa shape index (κ1) is 33.3. The maximum absolute atomic E-state index is 13.6. The van der Waals surface area contributed by atoms with E-state index >= 15 is 0 Å². The third kappa shape index (κ3) is 8.68. The second-order valence-corrected chi connectivity index (χ2v) is 10.7. The van der Waals surface area contributed by atoms with Gasteiger partial charge in [-0.25, -0.2) is 0 Å². The zero-order valence-corrected chi connectivity index (χ0v) is 24.2. The van der Waals surface area contributed by atoms with Gasteiger partial charge in [0.2, 0.25) is 5.91 Å². The van der Waals surface area contributed by atoms with Crippen LogP contribution in [0.15, 0.2) is 59.2 Å². The van der Waals surface area contributed by atoms with Gasteiger partial charge in [-0.2, -0.15) is 26.3 Å². The first-order chi connectivity index (χ1) is 19.9. The Bertz CT molecular complexity index is 1380. The van der Waals surface area contributed by atoms with E-state index in [1.54, 1.807) is 30.3 Å². The Hall–Kier alpha value is -4.16. The predicted molar refractivity (Wildman–Crippen MR) is 145 cm³/mol. The topological polar surface area (TPSA) is 72.2 Å². The molecule has 0 bridgehead atoms. The van der Waals surface area contributed by atoms with Gasteiger partial charge >= 0.3 is 12.4 Å². The van der Waals surface area contributed by atoms with Crippen molar-refractivity contribution in [1.82, 2.24) is 9.80 Å². The Labute approximate surface area is 245 Å². The predicted octanol–water partition coefficient (Wildman–Crippen LogP) is 6.85. The minimum absolute atomic E-state index is 0.00702. The number of alkyl halides is 6. The van der Waals surface area contributed by atoms with E-state index in [4.69, 9.17) is 13.9 Å². The molecular formula is C30H32F6N2O5. The third-order valence-electron chi connectivity index (χ3n) is 6.58. The van der Waals surface area contributed by atoms with Gasteiger partial charge in [-0.1, -0.05) is 6.07 Å². The highest BCUT2D eigenvalue weighted by Gasteiger charge is 2.39. The first-order valence-corrected chi connectivity index (χ1v) is 13.1. The Morgan fingerprint density at radius 1 is 0.837 bits per heavy atom. The number of furan rings is 1. The number of amides is 2. The van der Waals surface area contributed by atoms with E-state index in [1.807, 2.05) is 0 Å². The fraction of sp³-hybridized carbons (Fsp3) is 0.400. The molecule has 0 aliphatic carbocycles. The SMILES string of the molecule is COc1ccc(CCN(Cc2ccco2)C(=O)CN(C(=O)c2cc(C(F)(F)F)cc(C(F)(F)F)c2)C(C)(C)C)cc1OC. The highest BCUT2D eigenvalue weighted by molar-refractivity contribution is 5.97. The molecule has 0 fully saturated rings. The van der Waals surface area contributed by atoms with Crippen LogP contribution in [0.3, 0.4) is 0 Å². The van der Waals surface area contributed by atoms with Crippen molar-refractivity contribution in [3.05, 3.63) is 82.8 Å². The highest BCUT2D eigenvalue weighted by Crippen LogP contribution is 2.37. The fourth-order valence-electron chi connectivity index (χ4n) is 4.27. The lowest BCUT2D eigenvalue weighted by Gasteiger charge is -2.37. The van der Waals surface area contributed by atoms with Crippen molar-refractivity contribution in [2.75, 3.05) is 27.3 Å². The van der Waals surface area contributed by atoms with E-state index in [2.05, 4.69) is 0 Å². The van der Waals surface area contributed by atoms with Crippen LogP contribution in [0.4, 0.5) is 26.3 Å². The molecule has 0 N–H and O–H groups in total. The molecule has 0 unspecified atom stereocenters. The number of hydrogen-bond donors (Lipinski definition) is 0. The van der Waals surface area contributed by atoms with Crippen molar-refractivity contribution in [2.24, 2.45) is 0 Å². The highest BCUT2D eigenvalue weighted by atomic mass is 19.4. The number of methoxy groups -OCH3 is 2. The summed E-state index contributed by atoms with van der Waals surface area (Å²) in [5, 5.41) is 0. The van der Waals surface area contributed by atoms with Gasteiger partial charge < -0.3 is 23.7 Å². The zero-order chi connectivity index (χ0) is 32.2. The van der Waals surface area contributed by atoms with Crippen molar-refractivity contribution >= 4 is 11.8 Å². The molecule has 1 heterocycles. The van der Waals surface area contributed by atoms with Gasteiger partial charge in [-0.15, -0.1) is 0 Å². The average molecular weight is 615 g/mol. The van der Waals surface area contributed by atoms with Gasteiger partial charge in [-0.05, 0) is 75.2 Å². The van der Waals surface area contributed by atoms with Gasteiger partial charge in [-0.3, -0.25) is 9.59 Å². The monoisotopic (exact) mass is 614 g/mol. The molecular weight excluding hydrogens is 582 g/mol. The molecule has 234 valence electrons. The second kappa shape index (κ2) is 13.0. The van der Waals surface area contributed by atoms with Crippen LogP contribution in [0.5, 0.6) is 11.5 Å². The number of benzene rings is 2. The standard InChI is InChI=1S/C30H32F6N2O5/c1-28(2,3)38(27(40)20-14-21(29(31,32)33)16-22(15-20)30(34,35)36)18-26(39)37(17-23-7-6-12-43-23)11-10-19-8-9-24(41-4)25(13-19)42-5/h6-9,12-16H,10-11,17-18H2,1-5H3. The Balaban J connectivity index is 1.93. The van der Waals surface area contributed by atoms with Gasteiger partial charge in [0.05, 0.1) is 38.2 Å². The molecule has 43 heavy (non-hydrogen) atoms. The Morgan fingerprint density at radius 2 is 1.44 bits per heavy atom. The van der Waals surface area contributed by atoms with Crippen molar-refractivity contribution in [1.29, 1.82) is 0 Å². The maximum Gasteiger partial charge on any atom is 0.416 e. The van der Waals surface area contributed by atoms with Crippen molar-refractivity contribution in [2.45, 2.75) is 51.6 Å². The van der Waals surface area contributed by atoms with Crippen molar-refractivity contribution in [3.8, 4) is 11.5 Å². The van der Waals surface area contributed by atoms with E-state index in [1.165, 1.54) is 46.2 Å². The summed E-state index contributed by atoms with van der Waals surface area (Å²) in [7, 11) is 2.97. The van der Waals surface area contributed by atoms with Crippen LogP contribution in [0.1, 0.15) is 53.6 Å². The van der Waals surface area contributed by atoms with Crippen LogP contribution in [0, 0.1) is 0 Å². The number of halogens is 6. The van der Waals surface area contributed by atoms with E-state index < -0.39 is 52.9 Å². The summed E-state index contributed by atoms with van der Waals surface area (Å²) in [6.07, 6.45) is -8.51. The molecule has 1 aromatic heterocycles. The molecule has 0 atom stereocenters. The molecule has 3 rings (SSSR count). The quantitative estimate of drug-likeness (QED) is 0.234. The minimum Gasteiger partial charge on any atom is -0.493 e. The summed E-state index contributed by atoms with van der Waals surface area (Å²) in [5.41, 5.74) is -4.45. The molecule has 3 aromatic rings.